The number of carbonyl (C=O) groups excluding carboxylic acids is 1. The number of nitrogens with one attached hydrogen (secondary N) is 1. The first-order valence-corrected chi connectivity index (χ1v) is 6.10. The lowest BCUT2D eigenvalue weighted by Gasteiger charge is -2.06. The molecule has 7 heteroatoms. The first kappa shape index (κ1) is 12.4. The summed E-state index contributed by atoms with van der Waals surface area (Å²) in [6, 6.07) is 6.69. The fourth-order valence-electron chi connectivity index (χ4n) is 1.76. The van der Waals surface area contributed by atoms with Crippen molar-refractivity contribution in [3.63, 3.8) is 0 Å². The molecule has 0 aliphatic heterocycles. The molecule has 6 nitrogen and oxygen atoms in total. The molecular formula is C13H8ClN5O. The van der Waals surface area contributed by atoms with Crippen molar-refractivity contribution in [3.8, 4) is 0 Å². The fourth-order valence-corrected chi connectivity index (χ4v) is 1.91. The lowest BCUT2D eigenvalue weighted by atomic mass is 10.1. The van der Waals surface area contributed by atoms with E-state index in [0.29, 0.717) is 22.4 Å². The summed E-state index contributed by atoms with van der Waals surface area (Å²) in [5.41, 5.74) is 1.61. The second kappa shape index (κ2) is 5.18. The van der Waals surface area contributed by atoms with Crippen molar-refractivity contribution in [1.29, 1.82) is 0 Å². The molecule has 98 valence electrons. The van der Waals surface area contributed by atoms with Crippen LogP contribution >= 0.6 is 11.6 Å². The lowest BCUT2D eigenvalue weighted by Crippen LogP contribution is -2.14. The minimum atomic E-state index is -0.328. The molecule has 0 bridgehead atoms. The zero-order valence-corrected chi connectivity index (χ0v) is 10.9. The van der Waals surface area contributed by atoms with Crippen LogP contribution in [0.25, 0.3) is 11.0 Å². The summed E-state index contributed by atoms with van der Waals surface area (Å²) in [5, 5.41) is 2.91. The molecule has 3 aromatic rings. The van der Waals surface area contributed by atoms with E-state index in [0.717, 1.165) is 0 Å². The van der Waals surface area contributed by atoms with E-state index in [-0.39, 0.29) is 11.1 Å². The van der Waals surface area contributed by atoms with Crippen molar-refractivity contribution >= 4 is 34.4 Å². The summed E-state index contributed by atoms with van der Waals surface area (Å²) in [4.78, 5) is 28.3. The van der Waals surface area contributed by atoms with E-state index in [4.69, 9.17) is 11.6 Å². The summed E-state index contributed by atoms with van der Waals surface area (Å²) in [6.07, 6.45) is 4.40. The smallest absolute Gasteiger partial charge is 0.259 e. The molecule has 1 aromatic carbocycles. The van der Waals surface area contributed by atoms with E-state index in [2.05, 4.69) is 25.3 Å². The SMILES string of the molecule is O=C(Nc1cc(Cl)ncn1)c1cccc2nccnc12. The highest BCUT2D eigenvalue weighted by Crippen LogP contribution is 2.16. The summed E-state index contributed by atoms with van der Waals surface area (Å²) >= 11 is 5.74. The van der Waals surface area contributed by atoms with E-state index in [1.807, 2.05) is 0 Å². The van der Waals surface area contributed by atoms with Gasteiger partial charge in [0.2, 0.25) is 0 Å². The maximum absolute atomic E-state index is 12.3. The summed E-state index contributed by atoms with van der Waals surface area (Å²) < 4.78 is 0. The monoisotopic (exact) mass is 285 g/mol. The van der Waals surface area contributed by atoms with Crippen molar-refractivity contribution in [2.75, 3.05) is 5.32 Å². The van der Waals surface area contributed by atoms with Crippen LogP contribution in [-0.2, 0) is 0 Å². The molecular weight excluding hydrogens is 278 g/mol. The molecule has 0 aliphatic rings. The molecule has 0 spiro atoms. The highest BCUT2D eigenvalue weighted by molar-refractivity contribution is 6.29. The molecule has 0 unspecified atom stereocenters. The van der Waals surface area contributed by atoms with Gasteiger partial charge in [-0.25, -0.2) is 9.97 Å². The zero-order chi connectivity index (χ0) is 13.9. The fraction of sp³-hybridized carbons (Fsp3) is 0. The Morgan fingerprint density at radius 1 is 1.10 bits per heavy atom. The van der Waals surface area contributed by atoms with Crippen molar-refractivity contribution in [3.05, 3.63) is 53.7 Å². The van der Waals surface area contributed by atoms with Crippen LogP contribution in [-0.4, -0.2) is 25.8 Å². The first-order valence-electron chi connectivity index (χ1n) is 5.73. The number of para-hydroxylation sites is 1. The first-order chi connectivity index (χ1) is 9.74. The van der Waals surface area contributed by atoms with Gasteiger partial charge in [0.05, 0.1) is 11.1 Å². The number of fused-ring (bicyclic) bond motifs is 1. The number of halogens is 1. The number of benzene rings is 1. The van der Waals surface area contributed by atoms with Crippen LogP contribution < -0.4 is 5.32 Å². The largest absolute Gasteiger partial charge is 0.306 e. The molecule has 0 radical (unpaired) electrons. The summed E-state index contributed by atoms with van der Waals surface area (Å²) in [7, 11) is 0. The number of aromatic nitrogens is 4. The average molecular weight is 286 g/mol. The third-order valence-corrected chi connectivity index (χ3v) is 2.83. The average Bonchev–Trinajstić information content (AvgIpc) is 2.46. The Kier molecular flexibility index (Phi) is 3.22. The van der Waals surface area contributed by atoms with Gasteiger partial charge in [0.1, 0.15) is 22.8 Å². The van der Waals surface area contributed by atoms with Gasteiger partial charge >= 0.3 is 0 Å². The topological polar surface area (TPSA) is 80.7 Å². The minimum absolute atomic E-state index is 0.257. The Hall–Kier alpha value is -2.60. The lowest BCUT2D eigenvalue weighted by molar-refractivity contribution is 0.102. The van der Waals surface area contributed by atoms with Crippen molar-refractivity contribution < 1.29 is 4.79 Å². The van der Waals surface area contributed by atoms with Gasteiger partial charge in [0.15, 0.2) is 0 Å². The molecule has 0 fully saturated rings. The third-order valence-electron chi connectivity index (χ3n) is 2.62. The van der Waals surface area contributed by atoms with Crippen LogP contribution in [0.1, 0.15) is 10.4 Å². The van der Waals surface area contributed by atoms with Gasteiger partial charge in [-0.15, -0.1) is 0 Å². The van der Waals surface area contributed by atoms with E-state index in [1.165, 1.54) is 12.4 Å². The Morgan fingerprint density at radius 3 is 2.80 bits per heavy atom. The Balaban J connectivity index is 1.97. The summed E-state index contributed by atoms with van der Waals surface area (Å²) in [6.45, 7) is 0. The number of rotatable bonds is 2. The predicted molar refractivity (Wildman–Crippen MR) is 74.5 cm³/mol. The van der Waals surface area contributed by atoms with E-state index in [9.17, 15) is 4.79 Å². The third kappa shape index (κ3) is 2.41. The number of hydrogen-bond acceptors (Lipinski definition) is 5. The Bertz CT molecular complexity index is 787. The quantitative estimate of drug-likeness (QED) is 0.731. The Morgan fingerprint density at radius 2 is 1.95 bits per heavy atom. The van der Waals surface area contributed by atoms with Crippen molar-refractivity contribution in [1.82, 2.24) is 19.9 Å². The van der Waals surface area contributed by atoms with Gasteiger partial charge in [-0.05, 0) is 12.1 Å². The van der Waals surface area contributed by atoms with Crippen LogP contribution in [0.15, 0.2) is 43.0 Å². The molecule has 20 heavy (non-hydrogen) atoms. The molecule has 0 saturated carbocycles. The normalized spacial score (nSPS) is 10.4. The predicted octanol–water partition coefficient (Wildman–Crippen LogP) is 2.33. The van der Waals surface area contributed by atoms with Crippen molar-refractivity contribution in [2.45, 2.75) is 0 Å². The van der Waals surface area contributed by atoms with Gasteiger partial charge in [0, 0.05) is 18.5 Å². The maximum Gasteiger partial charge on any atom is 0.259 e. The van der Waals surface area contributed by atoms with Crippen LogP contribution in [0.4, 0.5) is 5.82 Å². The number of hydrogen-bond donors (Lipinski definition) is 1. The molecule has 3 rings (SSSR count). The van der Waals surface area contributed by atoms with Gasteiger partial charge in [-0.2, -0.15) is 0 Å². The minimum Gasteiger partial charge on any atom is -0.306 e. The molecule has 2 aromatic heterocycles. The molecule has 0 atom stereocenters. The van der Waals surface area contributed by atoms with Gasteiger partial charge in [-0.1, -0.05) is 17.7 Å². The number of carbonyl (C=O) groups is 1. The molecule has 1 amide bonds. The highest BCUT2D eigenvalue weighted by Gasteiger charge is 2.12. The van der Waals surface area contributed by atoms with Crippen molar-refractivity contribution in [2.24, 2.45) is 0 Å². The van der Waals surface area contributed by atoms with Crippen LogP contribution in [0, 0.1) is 0 Å². The van der Waals surface area contributed by atoms with Crippen LogP contribution in [0.3, 0.4) is 0 Å². The maximum atomic E-state index is 12.3. The van der Waals surface area contributed by atoms with Gasteiger partial charge < -0.3 is 5.32 Å². The Labute approximate surface area is 118 Å². The van der Waals surface area contributed by atoms with Gasteiger partial charge in [-0.3, -0.25) is 14.8 Å². The van der Waals surface area contributed by atoms with E-state index < -0.39 is 0 Å². The van der Waals surface area contributed by atoms with Gasteiger partial charge in [0.25, 0.3) is 5.91 Å². The van der Waals surface area contributed by atoms with Crippen LogP contribution in [0.2, 0.25) is 5.15 Å². The van der Waals surface area contributed by atoms with Crippen LogP contribution in [0.5, 0.6) is 0 Å². The number of anilines is 1. The van der Waals surface area contributed by atoms with E-state index in [1.54, 1.807) is 30.6 Å². The van der Waals surface area contributed by atoms with E-state index >= 15 is 0 Å². The number of nitrogens with zero attached hydrogens (tertiary/aromatic N) is 4. The molecule has 0 aliphatic carbocycles. The second-order valence-electron chi connectivity index (χ2n) is 3.91. The molecule has 1 N–H and O–H groups in total. The second-order valence-corrected chi connectivity index (χ2v) is 4.30. The highest BCUT2D eigenvalue weighted by atomic mass is 35.5. The molecule has 2 heterocycles. The standard InChI is InChI=1S/C13H8ClN5O/c14-10-6-11(18-7-17-10)19-13(20)8-2-1-3-9-12(8)16-5-4-15-9/h1-7H,(H,17,18,19,20). The number of amides is 1. The zero-order valence-electron chi connectivity index (χ0n) is 10.1. The molecule has 0 saturated heterocycles. The summed E-state index contributed by atoms with van der Waals surface area (Å²) in [5.74, 6) is 0.00163.